The molecule has 1 aromatic heterocycles. The SMILES string of the molecule is CCCC(NC(=O)OC(C)(C)C)C(=O)Nc1ccc(/C(C)=C/C(C)=O)cn1. The molecule has 1 unspecified atom stereocenters. The summed E-state index contributed by atoms with van der Waals surface area (Å²) in [6.45, 7) is 10.5. The minimum Gasteiger partial charge on any atom is -0.444 e. The van der Waals surface area contributed by atoms with E-state index < -0.39 is 17.7 Å². The molecule has 7 heteroatoms. The maximum absolute atomic E-state index is 12.5. The van der Waals surface area contributed by atoms with Gasteiger partial charge in [0.15, 0.2) is 5.78 Å². The molecule has 0 bridgehead atoms. The molecule has 1 heterocycles. The number of ether oxygens (including phenoxy) is 1. The van der Waals surface area contributed by atoms with Crippen molar-refractivity contribution >= 4 is 29.2 Å². The molecule has 0 fully saturated rings. The molecule has 1 atom stereocenters. The standard InChI is InChI=1S/C20H29N3O4/c1-7-8-16(22-19(26)27-20(4,5)6)18(25)23-17-10-9-15(12-21-17)13(2)11-14(3)24/h9-12,16H,7-8H2,1-6H3,(H,22,26)(H,21,23,25)/b13-11+. The molecule has 0 spiro atoms. The number of anilines is 1. The summed E-state index contributed by atoms with van der Waals surface area (Å²) in [6.07, 6.45) is 3.67. The number of pyridine rings is 1. The third-order valence-electron chi connectivity index (χ3n) is 3.47. The van der Waals surface area contributed by atoms with Gasteiger partial charge in [0.25, 0.3) is 0 Å². The molecule has 0 saturated carbocycles. The summed E-state index contributed by atoms with van der Waals surface area (Å²) in [4.78, 5) is 39.8. The zero-order valence-electron chi connectivity index (χ0n) is 16.9. The van der Waals surface area contributed by atoms with Crippen LogP contribution in [-0.4, -0.2) is 34.4 Å². The van der Waals surface area contributed by atoms with Gasteiger partial charge in [-0.05, 0) is 70.4 Å². The molecule has 0 aromatic carbocycles. The van der Waals surface area contributed by atoms with Crippen LogP contribution >= 0.6 is 0 Å². The first-order valence-electron chi connectivity index (χ1n) is 8.97. The van der Waals surface area contributed by atoms with Gasteiger partial charge in [-0.15, -0.1) is 0 Å². The predicted octanol–water partition coefficient (Wildman–Crippen LogP) is 3.71. The lowest BCUT2D eigenvalue weighted by Crippen LogP contribution is -2.45. The maximum atomic E-state index is 12.5. The molecular formula is C20H29N3O4. The van der Waals surface area contributed by atoms with Crippen LogP contribution in [0.3, 0.4) is 0 Å². The van der Waals surface area contributed by atoms with Crippen molar-refractivity contribution in [2.75, 3.05) is 5.32 Å². The van der Waals surface area contributed by atoms with Crippen molar-refractivity contribution in [2.24, 2.45) is 0 Å². The number of rotatable bonds is 7. The first kappa shape index (κ1) is 22.3. The number of nitrogens with zero attached hydrogens (tertiary/aromatic N) is 1. The topological polar surface area (TPSA) is 97.4 Å². The van der Waals surface area contributed by atoms with Gasteiger partial charge in [0, 0.05) is 6.20 Å². The third-order valence-corrected chi connectivity index (χ3v) is 3.47. The molecule has 148 valence electrons. The second-order valence-electron chi connectivity index (χ2n) is 7.35. The predicted molar refractivity (Wildman–Crippen MR) is 105 cm³/mol. The fraction of sp³-hybridized carbons (Fsp3) is 0.500. The van der Waals surface area contributed by atoms with Gasteiger partial charge < -0.3 is 15.4 Å². The molecule has 1 aromatic rings. The molecule has 7 nitrogen and oxygen atoms in total. The van der Waals surface area contributed by atoms with Gasteiger partial charge in [0.2, 0.25) is 5.91 Å². The minimum absolute atomic E-state index is 0.0412. The van der Waals surface area contributed by atoms with E-state index in [1.807, 2.05) is 13.8 Å². The van der Waals surface area contributed by atoms with Gasteiger partial charge in [0.05, 0.1) is 0 Å². The molecule has 0 aliphatic heterocycles. The van der Waals surface area contributed by atoms with E-state index >= 15 is 0 Å². The smallest absolute Gasteiger partial charge is 0.408 e. The van der Waals surface area contributed by atoms with E-state index in [1.54, 1.807) is 39.1 Å². The maximum Gasteiger partial charge on any atom is 0.408 e. The number of allylic oxidation sites excluding steroid dienone is 2. The average Bonchev–Trinajstić information content (AvgIpc) is 2.52. The van der Waals surface area contributed by atoms with Crippen molar-refractivity contribution < 1.29 is 19.1 Å². The van der Waals surface area contributed by atoms with E-state index in [1.165, 1.54) is 13.0 Å². The normalized spacial score (nSPS) is 12.9. The number of aromatic nitrogens is 1. The number of carbonyl (C=O) groups is 3. The molecule has 0 saturated heterocycles. The molecule has 0 aliphatic rings. The van der Waals surface area contributed by atoms with E-state index in [-0.39, 0.29) is 11.7 Å². The Kier molecular flexibility index (Phi) is 8.15. The van der Waals surface area contributed by atoms with Gasteiger partial charge in [-0.1, -0.05) is 13.3 Å². The lowest BCUT2D eigenvalue weighted by molar-refractivity contribution is -0.118. The molecule has 0 aliphatic carbocycles. The summed E-state index contributed by atoms with van der Waals surface area (Å²) < 4.78 is 5.21. The lowest BCUT2D eigenvalue weighted by atomic mass is 10.1. The minimum atomic E-state index is -0.717. The Bertz CT molecular complexity index is 703. The van der Waals surface area contributed by atoms with E-state index in [0.717, 1.165) is 17.6 Å². The van der Waals surface area contributed by atoms with Gasteiger partial charge >= 0.3 is 6.09 Å². The quantitative estimate of drug-likeness (QED) is 0.708. The Morgan fingerprint density at radius 1 is 1.22 bits per heavy atom. The Morgan fingerprint density at radius 2 is 1.89 bits per heavy atom. The van der Waals surface area contributed by atoms with Crippen molar-refractivity contribution in [3.8, 4) is 0 Å². The summed E-state index contributed by atoms with van der Waals surface area (Å²) in [5, 5.41) is 5.29. The summed E-state index contributed by atoms with van der Waals surface area (Å²) in [6, 6.07) is 2.71. The van der Waals surface area contributed by atoms with E-state index in [9.17, 15) is 14.4 Å². The highest BCUT2D eigenvalue weighted by molar-refractivity contribution is 5.96. The van der Waals surface area contributed by atoms with Crippen LogP contribution in [0.2, 0.25) is 0 Å². The summed E-state index contributed by atoms with van der Waals surface area (Å²) in [7, 11) is 0. The zero-order valence-corrected chi connectivity index (χ0v) is 16.9. The Labute approximate surface area is 160 Å². The van der Waals surface area contributed by atoms with Crippen LogP contribution in [0.25, 0.3) is 5.57 Å². The summed E-state index contributed by atoms with van der Waals surface area (Å²) >= 11 is 0. The van der Waals surface area contributed by atoms with E-state index in [0.29, 0.717) is 12.2 Å². The Balaban J connectivity index is 2.78. The number of amides is 2. The molecule has 2 amide bonds. The van der Waals surface area contributed by atoms with Crippen LogP contribution in [0, 0.1) is 0 Å². The van der Waals surface area contributed by atoms with Crippen molar-refractivity contribution in [2.45, 2.75) is 66.0 Å². The molecular weight excluding hydrogens is 346 g/mol. The number of nitrogens with one attached hydrogen (secondary N) is 2. The first-order valence-corrected chi connectivity index (χ1v) is 8.97. The Morgan fingerprint density at radius 3 is 2.37 bits per heavy atom. The monoisotopic (exact) mass is 375 g/mol. The number of alkyl carbamates (subject to hydrolysis) is 1. The van der Waals surface area contributed by atoms with Crippen molar-refractivity contribution in [1.82, 2.24) is 10.3 Å². The lowest BCUT2D eigenvalue weighted by Gasteiger charge is -2.23. The highest BCUT2D eigenvalue weighted by atomic mass is 16.6. The number of hydrogen-bond acceptors (Lipinski definition) is 5. The highest BCUT2D eigenvalue weighted by Gasteiger charge is 2.24. The fourth-order valence-electron chi connectivity index (χ4n) is 2.31. The van der Waals surface area contributed by atoms with Crippen LogP contribution in [0.5, 0.6) is 0 Å². The number of ketones is 1. The van der Waals surface area contributed by atoms with Crippen LogP contribution in [-0.2, 0) is 14.3 Å². The van der Waals surface area contributed by atoms with Crippen molar-refractivity contribution in [1.29, 1.82) is 0 Å². The summed E-state index contributed by atoms with van der Waals surface area (Å²) in [5.41, 5.74) is 0.948. The van der Waals surface area contributed by atoms with Crippen molar-refractivity contribution in [3.05, 3.63) is 30.0 Å². The molecule has 0 radical (unpaired) electrons. The Hall–Kier alpha value is -2.70. The molecule has 27 heavy (non-hydrogen) atoms. The van der Waals surface area contributed by atoms with Gasteiger partial charge in [-0.25, -0.2) is 9.78 Å². The zero-order chi connectivity index (χ0) is 20.6. The van der Waals surface area contributed by atoms with Gasteiger partial charge in [-0.2, -0.15) is 0 Å². The van der Waals surface area contributed by atoms with Crippen LogP contribution in [0.4, 0.5) is 10.6 Å². The third kappa shape index (κ3) is 8.48. The largest absolute Gasteiger partial charge is 0.444 e. The second kappa shape index (κ2) is 9.85. The van der Waals surface area contributed by atoms with Crippen molar-refractivity contribution in [3.63, 3.8) is 0 Å². The van der Waals surface area contributed by atoms with Gasteiger partial charge in [-0.3, -0.25) is 9.59 Å². The highest BCUT2D eigenvalue weighted by Crippen LogP contribution is 2.15. The van der Waals surface area contributed by atoms with Crippen LogP contribution in [0.15, 0.2) is 24.4 Å². The number of hydrogen-bond donors (Lipinski definition) is 2. The first-order chi connectivity index (χ1) is 12.5. The number of carbonyl (C=O) groups excluding carboxylic acids is 3. The van der Waals surface area contributed by atoms with Crippen LogP contribution in [0.1, 0.15) is 59.9 Å². The van der Waals surface area contributed by atoms with E-state index in [4.69, 9.17) is 4.74 Å². The molecule has 2 N–H and O–H groups in total. The fourth-order valence-corrected chi connectivity index (χ4v) is 2.31. The second-order valence-corrected chi connectivity index (χ2v) is 7.35. The average molecular weight is 375 g/mol. The van der Waals surface area contributed by atoms with E-state index in [2.05, 4.69) is 15.6 Å². The molecule has 1 rings (SSSR count). The summed E-state index contributed by atoms with van der Waals surface area (Å²) in [5.74, 6) is -0.0362. The van der Waals surface area contributed by atoms with Crippen LogP contribution < -0.4 is 10.6 Å². The van der Waals surface area contributed by atoms with Gasteiger partial charge in [0.1, 0.15) is 17.5 Å².